The van der Waals surface area contributed by atoms with E-state index in [9.17, 15) is 0 Å². The van der Waals surface area contributed by atoms with Crippen LogP contribution >= 0.6 is 15.8 Å². The number of aryl methyl sites for hydroxylation is 4. The molecule has 0 aliphatic heterocycles. The first kappa shape index (κ1) is 27.8. The molecule has 0 amide bonds. The number of benzene rings is 4. The van der Waals surface area contributed by atoms with Gasteiger partial charge >= 0.3 is 0 Å². The summed E-state index contributed by atoms with van der Waals surface area (Å²) in [5, 5.41) is 6.08. The Hall–Kier alpha value is -2.26. The van der Waals surface area contributed by atoms with E-state index in [2.05, 4.69) is 125 Å². The Balaban J connectivity index is 1.29. The predicted octanol–water partition coefficient (Wildman–Crippen LogP) is 8.44. The van der Waals surface area contributed by atoms with Crippen molar-refractivity contribution >= 4 is 37.1 Å². The molecular formula is C35H42P2. The Kier molecular flexibility index (Phi) is 10.5. The molecule has 4 rings (SSSR count). The van der Waals surface area contributed by atoms with E-state index in [4.69, 9.17) is 0 Å². The van der Waals surface area contributed by atoms with Crippen molar-refractivity contribution in [3.8, 4) is 0 Å². The average Bonchev–Trinajstić information content (AvgIpc) is 2.91. The molecule has 2 heteroatoms. The molecule has 0 bridgehead atoms. The molecule has 0 atom stereocenters. The molecule has 4 aromatic carbocycles. The molecule has 37 heavy (non-hydrogen) atoms. The van der Waals surface area contributed by atoms with Crippen LogP contribution < -0.4 is 21.2 Å². The summed E-state index contributed by atoms with van der Waals surface area (Å²) in [7, 11) is -0.547. The molecule has 0 saturated carbocycles. The zero-order valence-corrected chi connectivity index (χ0v) is 24.9. The summed E-state index contributed by atoms with van der Waals surface area (Å²) in [5.41, 5.74) is 5.38. The number of rotatable bonds is 12. The number of hydrogen-bond donors (Lipinski definition) is 0. The van der Waals surface area contributed by atoms with Gasteiger partial charge in [-0.3, -0.25) is 0 Å². The molecule has 0 saturated heterocycles. The van der Waals surface area contributed by atoms with Crippen LogP contribution in [0.5, 0.6) is 0 Å². The zero-order valence-electron chi connectivity index (χ0n) is 23.1. The van der Waals surface area contributed by atoms with Crippen molar-refractivity contribution in [3.05, 3.63) is 119 Å². The highest BCUT2D eigenvalue weighted by Gasteiger charge is 2.15. The summed E-state index contributed by atoms with van der Waals surface area (Å²) in [6.45, 7) is 8.73. The van der Waals surface area contributed by atoms with Gasteiger partial charge in [0.05, 0.1) is 0 Å². The fourth-order valence-electron chi connectivity index (χ4n) is 4.78. The summed E-state index contributed by atoms with van der Waals surface area (Å²) in [6.07, 6.45) is 9.24. The quantitative estimate of drug-likeness (QED) is 0.129. The number of hydrogen-bond acceptors (Lipinski definition) is 0. The van der Waals surface area contributed by atoms with Gasteiger partial charge in [-0.25, -0.2) is 0 Å². The lowest BCUT2D eigenvalue weighted by Gasteiger charge is -2.20. The van der Waals surface area contributed by atoms with Crippen LogP contribution in [0, 0.1) is 27.7 Å². The SMILES string of the molecule is Cc1ccc(P(CCCCCCCP(c2ccc(C)cc2)c2ccc(C)cc2)c2ccc(C)cc2)cc1. The van der Waals surface area contributed by atoms with Gasteiger partial charge < -0.3 is 0 Å². The summed E-state index contributed by atoms with van der Waals surface area (Å²) < 4.78 is 0. The second-order valence-corrected chi connectivity index (χ2v) is 15.1. The fourth-order valence-corrected chi connectivity index (χ4v) is 9.53. The Labute approximate surface area is 228 Å². The van der Waals surface area contributed by atoms with E-state index in [1.165, 1.54) is 87.9 Å². The van der Waals surface area contributed by atoms with Crippen LogP contribution in [0.1, 0.15) is 54.4 Å². The van der Waals surface area contributed by atoms with Gasteiger partial charge in [0.1, 0.15) is 0 Å². The van der Waals surface area contributed by atoms with E-state index in [0.29, 0.717) is 0 Å². The molecule has 0 heterocycles. The first-order valence-electron chi connectivity index (χ1n) is 13.8. The third-order valence-corrected chi connectivity index (χ3v) is 12.4. The Morgan fingerprint density at radius 2 is 0.541 bits per heavy atom. The monoisotopic (exact) mass is 524 g/mol. The van der Waals surface area contributed by atoms with Crippen molar-refractivity contribution in [3.63, 3.8) is 0 Å². The lowest BCUT2D eigenvalue weighted by atomic mass is 10.2. The average molecular weight is 525 g/mol. The van der Waals surface area contributed by atoms with E-state index in [1.807, 2.05) is 0 Å². The molecule has 0 aliphatic rings. The van der Waals surface area contributed by atoms with Crippen LogP contribution in [0.25, 0.3) is 0 Å². The molecule has 0 fully saturated rings. The molecule has 0 radical (unpaired) electrons. The van der Waals surface area contributed by atoms with Crippen LogP contribution in [-0.4, -0.2) is 12.3 Å². The maximum atomic E-state index is 2.36. The third-order valence-electron chi connectivity index (χ3n) is 7.15. The second kappa shape index (κ2) is 14.0. The van der Waals surface area contributed by atoms with Gasteiger partial charge in [-0.15, -0.1) is 0 Å². The minimum Gasteiger partial charge on any atom is -0.0587 e. The summed E-state index contributed by atoms with van der Waals surface area (Å²) in [6, 6.07) is 37.1. The highest BCUT2D eigenvalue weighted by Crippen LogP contribution is 2.37. The normalized spacial score (nSPS) is 11.4. The molecule has 0 aliphatic carbocycles. The van der Waals surface area contributed by atoms with E-state index < -0.39 is 0 Å². The second-order valence-electron chi connectivity index (χ2n) is 10.4. The van der Waals surface area contributed by atoms with Crippen molar-refractivity contribution in [1.82, 2.24) is 0 Å². The van der Waals surface area contributed by atoms with Crippen molar-refractivity contribution < 1.29 is 0 Å². The maximum Gasteiger partial charge on any atom is -0.0195 e. The van der Waals surface area contributed by atoms with Crippen molar-refractivity contribution in [2.24, 2.45) is 0 Å². The fraction of sp³-hybridized carbons (Fsp3) is 0.314. The molecular weight excluding hydrogens is 482 g/mol. The van der Waals surface area contributed by atoms with Gasteiger partial charge in [0.15, 0.2) is 0 Å². The third kappa shape index (κ3) is 8.37. The van der Waals surface area contributed by atoms with Crippen LogP contribution in [0.2, 0.25) is 0 Å². The van der Waals surface area contributed by atoms with E-state index in [1.54, 1.807) is 0 Å². The standard InChI is InChI=1S/C35H42P2/c1-28-10-18-32(19-11-28)36(33-20-12-29(2)13-21-33)26-8-6-5-7-9-27-37(34-22-14-30(3)15-23-34)35-24-16-31(4)17-25-35/h10-25H,5-9,26-27H2,1-4H3. The molecule has 0 unspecified atom stereocenters. The minimum absolute atomic E-state index is 0.273. The van der Waals surface area contributed by atoms with Crippen LogP contribution in [0.3, 0.4) is 0 Å². The van der Waals surface area contributed by atoms with Crippen LogP contribution in [0.4, 0.5) is 0 Å². The molecule has 0 spiro atoms. The largest absolute Gasteiger partial charge is 0.0587 e. The van der Waals surface area contributed by atoms with Crippen molar-refractivity contribution in [2.75, 3.05) is 12.3 Å². The van der Waals surface area contributed by atoms with Gasteiger partial charge in [-0.2, -0.15) is 0 Å². The Morgan fingerprint density at radius 1 is 0.324 bits per heavy atom. The predicted molar refractivity (Wildman–Crippen MR) is 170 cm³/mol. The number of unbranched alkanes of at least 4 members (excludes halogenated alkanes) is 4. The highest BCUT2D eigenvalue weighted by atomic mass is 31.1. The van der Waals surface area contributed by atoms with E-state index >= 15 is 0 Å². The molecule has 0 N–H and O–H groups in total. The lowest BCUT2D eigenvalue weighted by molar-refractivity contribution is 0.661. The van der Waals surface area contributed by atoms with Crippen LogP contribution in [-0.2, 0) is 0 Å². The van der Waals surface area contributed by atoms with Gasteiger partial charge in [0, 0.05) is 0 Å². The van der Waals surface area contributed by atoms with Crippen molar-refractivity contribution in [2.45, 2.75) is 59.8 Å². The van der Waals surface area contributed by atoms with Gasteiger partial charge in [-0.05, 0) is 89.9 Å². The first-order chi connectivity index (χ1) is 18.0. The Bertz CT molecular complexity index is 1020. The highest BCUT2D eigenvalue weighted by molar-refractivity contribution is 7.73. The van der Waals surface area contributed by atoms with Crippen LogP contribution in [0.15, 0.2) is 97.1 Å². The van der Waals surface area contributed by atoms with Crippen molar-refractivity contribution in [1.29, 1.82) is 0 Å². The zero-order chi connectivity index (χ0) is 26.0. The minimum atomic E-state index is -0.273. The van der Waals surface area contributed by atoms with E-state index in [0.717, 1.165) is 0 Å². The van der Waals surface area contributed by atoms with Gasteiger partial charge in [0.25, 0.3) is 0 Å². The van der Waals surface area contributed by atoms with Gasteiger partial charge in [0.2, 0.25) is 0 Å². The summed E-state index contributed by atoms with van der Waals surface area (Å²) in [4.78, 5) is 0. The first-order valence-corrected chi connectivity index (χ1v) is 16.9. The maximum absolute atomic E-state index is 2.36. The molecule has 4 aromatic rings. The summed E-state index contributed by atoms with van der Waals surface area (Å²) >= 11 is 0. The molecule has 0 nitrogen and oxygen atoms in total. The summed E-state index contributed by atoms with van der Waals surface area (Å²) in [5.74, 6) is 0. The molecule has 0 aromatic heterocycles. The van der Waals surface area contributed by atoms with Gasteiger partial charge in [-0.1, -0.05) is 139 Å². The smallest absolute Gasteiger partial charge is 0.0195 e. The lowest BCUT2D eigenvalue weighted by Crippen LogP contribution is -2.14. The van der Waals surface area contributed by atoms with E-state index in [-0.39, 0.29) is 15.8 Å². The molecule has 192 valence electrons. The Morgan fingerprint density at radius 3 is 0.784 bits per heavy atom. The topological polar surface area (TPSA) is 0 Å².